The Morgan fingerprint density at radius 1 is 1.22 bits per heavy atom. The van der Waals surface area contributed by atoms with E-state index in [1.807, 2.05) is 22.6 Å². The summed E-state index contributed by atoms with van der Waals surface area (Å²) in [5.74, 6) is -0.144. The number of pyridine rings is 1. The molecule has 0 saturated carbocycles. The van der Waals surface area contributed by atoms with Gasteiger partial charge in [0, 0.05) is 14.1 Å². The minimum absolute atomic E-state index is 0.0209. The normalized spacial score (nSPS) is 12.9. The Bertz CT molecular complexity index is 1230. The van der Waals surface area contributed by atoms with Crippen LogP contribution in [0.3, 0.4) is 0 Å². The smallest absolute Gasteiger partial charge is 0.321 e. The van der Waals surface area contributed by atoms with Gasteiger partial charge in [-0.15, -0.1) is 0 Å². The molecule has 0 spiro atoms. The summed E-state index contributed by atoms with van der Waals surface area (Å²) in [5.41, 5.74) is -2.24. The summed E-state index contributed by atoms with van der Waals surface area (Å²) >= 11 is 2.80. The van der Waals surface area contributed by atoms with Crippen molar-refractivity contribution >= 4 is 54.8 Å². The highest BCUT2D eigenvalue weighted by Gasteiger charge is 2.35. The Morgan fingerprint density at radius 2 is 1.85 bits per heavy atom. The molecule has 0 bridgehead atoms. The number of imidazole rings is 1. The molecule has 3 heterocycles. The largest absolute Gasteiger partial charge is 0.431 e. The molecule has 0 aliphatic heterocycles. The van der Waals surface area contributed by atoms with Gasteiger partial charge < -0.3 is 9.13 Å². The van der Waals surface area contributed by atoms with Gasteiger partial charge in [0.05, 0.1) is 11.3 Å². The Labute approximate surface area is 168 Å². The summed E-state index contributed by atoms with van der Waals surface area (Å²) in [6, 6.07) is 0.769. The van der Waals surface area contributed by atoms with Gasteiger partial charge in [-0.25, -0.2) is 18.4 Å². The van der Waals surface area contributed by atoms with Crippen molar-refractivity contribution in [1.82, 2.24) is 19.1 Å². The van der Waals surface area contributed by atoms with E-state index in [1.165, 1.54) is 18.5 Å². The molecule has 0 aromatic carbocycles. The highest BCUT2D eigenvalue weighted by atomic mass is 127. The average molecular weight is 532 g/mol. The van der Waals surface area contributed by atoms with Crippen LogP contribution in [0.5, 0.6) is 0 Å². The molecule has 0 aliphatic carbocycles. The number of halogens is 4. The lowest BCUT2D eigenvalue weighted by Gasteiger charge is -2.11. The number of rotatable bonds is 3. The van der Waals surface area contributed by atoms with Gasteiger partial charge in [-0.1, -0.05) is 18.3 Å². The Kier molecular flexibility index (Phi) is 4.91. The second-order valence-corrected chi connectivity index (χ2v) is 10.9. The van der Waals surface area contributed by atoms with E-state index in [1.54, 1.807) is 0 Å². The third-order valence-electron chi connectivity index (χ3n) is 4.00. The molecule has 0 N–H and O–H groups in total. The molecule has 0 radical (unpaired) electrons. The van der Waals surface area contributed by atoms with E-state index in [2.05, 4.69) is 9.97 Å². The molecule has 0 unspecified atom stereocenters. The molecule has 0 atom stereocenters. The summed E-state index contributed by atoms with van der Waals surface area (Å²) in [4.78, 5) is 20.8. The zero-order chi connectivity index (χ0) is 20.3. The summed E-state index contributed by atoms with van der Waals surface area (Å²) in [7, 11) is -1.16. The fourth-order valence-electron chi connectivity index (χ4n) is 2.62. The van der Waals surface area contributed by atoms with Crippen LogP contribution in [0.15, 0.2) is 15.1 Å². The highest BCUT2D eigenvalue weighted by Crippen LogP contribution is 2.35. The minimum Gasteiger partial charge on any atom is -0.321 e. The highest BCUT2D eigenvalue weighted by molar-refractivity contribution is 14.1. The number of hydrogen-bond donors (Lipinski definition) is 0. The first kappa shape index (κ1) is 20.3. The van der Waals surface area contributed by atoms with Crippen molar-refractivity contribution in [3.8, 4) is 11.5 Å². The Hall–Kier alpha value is -1.48. The van der Waals surface area contributed by atoms with Gasteiger partial charge in [0.15, 0.2) is 22.9 Å². The second-order valence-electron chi connectivity index (χ2n) is 5.63. The van der Waals surface area contributed by atoms with Crippen molar-refractivity contribution in [2.75, 3.05) is 5.75 Å². The third-order valence-corrected chi connectivity index (χ3v) is 8.07. The standard InChI is InChI=1S/C14H12F3IN4O3S2/c1-4-27(24,25)12-8(20-13(18)26-12)10-19-6-5-7(14(15,16)17)21(2)11(23)9(6)22(10)3/h5H,4H2,1-3H3. The average Bonchev–Trinajstić information content (AvgIpc) is 3.10. The number of aromatic nitrogens is 4. The quantitative estimate of drug-likeness (QED) is 0.485. The van der Waals surface area contributed by atoms with Crippen molar-refractivity contribution in [2.45, 2.75) is 17.3 Å². The molecule has 0 saturated heterocycles. The fraction of sp³-hybridized carbons (Fsp3) is 0.357. The van der Waals surface area contributed by atoms with Gasteiger partial charge in [0.2, 0.25) is 0 Å². The van der Waals surface area contributed by atoms with E-state index >= 15 is 0 Å². The number of alkyl halides is 3. The van der Waals surface area contributed by atoms with Crippen molar-refractivity contribution in [3.05, 3.63) is 25.1 Å². The molecule has 27 heavy (non-hydrogen) atoms. The predicted octanol–water partition coefficient (Wildman–Crippen LogP) is 2.81. The number of hydrogen-bond acceptors (Lipinski definition) is 6. The first-order valence-corrected chi connectivity index (χ1v) is 11.0. The van der Waals surface area contributed by atoms with Crippen LogP contribution in [0.2, 0.25) is 0 Å². The first-order valence-electron chi connectivity index (χ1n) is 7.41. The van der Waals surface area contributed by atoms with Gasteiger partial charge in [-0.3, -0.25) is 4.79 Å². The molecule has 3 aromatic rings. The van der Waals surface area contributed by atoms with Crippen molar-refractivity contribution in [2.24, 2.45) is 14.1 Å². The van der Waals surface area contributed by atoms with Gasteiger partial charge >= 0.3 is 6.18 Å². The van der Waals surface area contributed by atoms with Crippen LogP contribution >= 0.6 is 33.9 Å². The number of aryl methyl sites for hydroxylation is 1. The predicted molar refractivity (Wildman–Crippen MR) is 103 cm³/mol. The minimum atomic E-state index is -4.73. The van der Waals surface area contributed by atoms with Gasteiger partial charge in [-0.05, 0) is 28.7 Å². The monoisotopic (exact) mass is 532 g/mol. The third kappa shape index (κ3) is 3.29. The summed E-state index contributed by atoms with van der Waals surface area (Å²) in [6.45, 7) is 1.48. The number of fused-ring (bicyclic) bond motifs is 1. The molecule has 0 fully saturated rings. The molecule has 0 amide bonds. The Morgan fingerprint density at radius 3 is 2.41 bits per heavy atom. The molecule has 3 aromatic heterocycles. The zero-order valence-electron chi connectivity index (χ0n) is 14.1. The molecule has 0 aliphatic rings. The molecule has 146 valence electrons. The summed E-state index contributed by atoms with van der Waals surface area (Å²) in [6.07, 6.45) is -4.73. The van der Waals surface area contributed by atoms with Crippen LogP contribution in [0.25, 0.3) is 22.6 Å². The molecular formula is C14H12F3IN4O3S2. The van der Waals surface area contributed by atoms with E-state index in [9.17, 15) is 26.4 Å². The lowest BCUT2D eigenvalue weighted by molar-refractivity contribution is -0.143. The zero-order valence-corrected chi connectivity index (χ0v) is 17.9. The van der Waals surface area contributed by atoms with E-state index in [-0.39, 0.29) is 32.5 Å². The maximum absolute atomic E-state index is 13.2. The van der Waals surface area contributed by atoms with Crippen molar-refractivity contribution < 1.29 is 21.6 Å². The van der Waals surface area contributed by atoms with Crippen LogP contribution in [0, 0.1) is 3.01 Å². The molecular weight excluding hydrogens is 520 g/mol. The molecule has 3 rings (SSSR count). The van der Waals surface area contributed by atoms with Crippen LogP contribution in [-0.4, -0.2) is 33.3 Å². The Balaban J connectivity index is 2.39. The van der Waals surface area contributed by atoms with Gasteiger partial charge in [-0.2, -0.15) is 13.2 Å². The summed E-state index contributed by atoms with van der Waals surface area (Å²) in [5, 5.41) is 0. The van der Waals surface area contributed by atoms with Crippen LogP contribution in [0.1, 0.15) is 12.6 Å². The maximum atomic E-state index is 13.2. The fourth-order valence-corrected chi connectivity index (χ4v) is 6.28. The van der Waals surface area contributed by atoms with E-state index in [4.69, 9.17) is 0 Å². The number of sulfone groups is 1. The van der Waals surface area contributed by atoms with Gasteiger partial charge in [0.1, 0.15) is 16.9 Å². The molecule has 13 heteroatoms. The van der Waals surface area contributed by atoms with Gasteiger partial charge in [0.25, 0.3) is 5.56 Å². The second kappa shape index (κ2) is 6.55. The van der Waals surface area contributed by atoms with E-state index in [0.717, 1.165) is 24.5 Å². The number of thiazole rings is 1. The number of nitrogens with zero attached hydrogens (tertiary/aromatic N) is 4. The van der Waals surface area contributed by atoms with E-state index < -0.39 is 27.3 Å². The SMILES string of the molecule is CCS(=O)(=O)c1sc(I)nc1-c1nc2cc(C(F)(F)F)n(C)c(=O)c2n1C. The first-order chi connectivity index (χ1) is 12.4. The van der Waals surface area contributed by atoms with Crippen LogP contribution < -0.4 is 5.56 Å². The topological polar surface area (TPSA) is 86.8 Å². The van der Waals surface area contributed by atoms with Crippen molar-refractivity contribution in [3.63, 3.8) is 0 Å². The van der Waals surface area contributed by atoms with Crippen LogP contribution in [-0.2, 0) is 30.1 Å². The lowest BCUT2D eigenvalue weighted by Crippen LogP contribution is -2.26. The van der Waals surface area contributed by atoms with E-state index in [0.29, 0.717) is 7.58 Å². The van der Waals surface area contributed by atoms with Crippen LogP contribution in [0.4, 0.5) is 13.2 Å². The summed E-state index contributed by atoms with van der Waals surface area (Å²) < 4.78 is 66.4. The molecule has 7 nitrogen and oxygen atoms in total. The lowest BCUT2D eigenvalue weighted by atomic mass is 10.3. The van der Waals surface area contributed by atoms with Crippen molar-refractivity contribution in [1.29, 1.82) is 0 Å². The maximum Gasteiger partial charge on any atom is 0.431 e.